The summed E-state index contributed by atoms with van der Waals surface area (Å²) in [7, 11) is 0. The summed E-state index contributed by atoms with van der Waals surface area (Å²) < 4.78 is 42.8. The Kier molecular flexibility index (Phi) is 5.00. The summed E-state index contributed by atoms with van der Waals surface area (Å²) in [5.41, 5.74) is 1.12. The lowest BCUT2D eigenvalue weighted by molar-refractivity contribution is -0.274. The highest BCUT2D eigenvalue weighted by Gasteiger charge is 2.31. The van der Waals surface area contributed by atoms with Gasteiger partial charge in [0.25, 0.3) is 0 Å². The fourth-order valence-electron chi connectivity index (χ4n) is 2.92. The van der Waals surface area contributed by atoms with E-state index in [4.69, 9.17) is 5.11 Å². The molecule has 0 aliphatic heterocycles. The molecule has 0 atom stereocenters. The van der Waals surface area contributed by atoms with Gasteiger partial charge < -0.3 is 19.5 Å². The number of nitrogens with zero attached hydrogens (tertiary/aromatic N) is 1. The lowest BCUT2D eigenvalue weighted by Gasteiger charge is -2.12. The van der Waals surface area contributed by atoms with Crippen molar-refractivity contribution < 1.29 is 37.7 Å². The van der Waals surface area contributed by atoms with Crippen molar-refractivity contribution in [3.8, 4) is 11.4 Å². The summed E-state index contributed by atoms with van der Waals surface area (Å²) in [5, 5.41) is 18.8. The minimum absolute atomic E-state index is 0.106. The van der Waals surface area contributed by atoms with E-state index in [2.05, 4.69) is 4.74 Å². The van der Waals surface area contributed by atoms with Crippen LogP contribution in [-0.2, 0) is 11.2 Å². The zero-order chi connectivity index (χ0) is 20.5. The first kappa shape index (κ1) is 19.3. The fourth-order valence-corrected chi connectivity index (χ4v) is 2.92. The Morgan fingerprint density at radius 1 is 1.04 bits per heavy atom. The number of carboxylic acid groups (broad SMARTS) is 2. The van der Waals surface area contributed by atoms with Crippen molar-refractivity contribution >= 4 is 22.8 Å². The molecule has 2 N–H and O–H groups in total. The van der Waals surface area contributed by atoms with Crippen molar-refractivity contribution in [2.75, 3.05) is 0 Å². The summed E-state index contributed by atoms with van der Waals surface area (Å²) in [6, 6.07) is 11.4. The number of hydrogen-bond acceptors (Lipinski definition) is 3. The molecule has 9 heteroatoms. The number of aromatic carboxylic acids is 1. The normalized spacial score (nSPS) is 11.5. The Bertz CT molecular complexity index is 1060. The van der Waals surface area contributed by atoms with Crippen LogP contribution in [0.3, 0.4) is 0 Å². The number of carbonyl (C=O) groups is 2. The van der Waals surface area contributed by atoms with Crippen molar-refractivity contribution in [1.29, 1.82) is 0 Å². The molecule has 0 amide bonds. The number of rotatable bonds is 6. The van der Waals surface area contributed by atoms with Crippen molar-refractivity contribution in [3.63, 3.8) is 0 Å². The molecule has 146 valence electrons. The second-order valence-electron chi connectivity index (χ2n) is 6.00. The number of aromatic nitrogens is 1. The molecule has 0 saturated carbocycles. The van der Waals surface area contributed by atoms with Crippen LogP contribution in [0.15, 0.2) is 48.5 Å². The van der Waals surface area contributed by atoms with Crippen LogP contribution in [0.1, 0.15) is 22.5 Å². The van der Waals surface area contributed by atoms with Crippen LogP contribution in [0.5, 0.6) is 5.75 Å². The number of ether oxygens (including phenoxy) is 1. The van der Waals surface area contributed by atoms with Crippen LogP contribution in [0.25, 0.3) is 16.6 Å². The molecule has 0 fully saturated rings. The van der Waals surface area contributed by atoms with Gasteiger partial charge in [-0.15, -0.1) is 13.2 Å². The molecule has 3 rings (SSSR count). The average molecular weight is 393 g/mol. The molecule has 0 unspecified atom stereocenters. The van der Waals surface area contributed by atoms with Gasteiger partial charge in [-0.25, -0.2) is 4.79 Å². The van der Waals surface area contributed by atoms with Gasteiger partial charge in [0.05, 0.1) is 5.52 Å². The lowest BCUT2D eigenvalue weighted by atomic mass is 10.1. The molecule has 3 aromatic rings. The van der Waals surface area contributed by atoms with Gasteiger partial charge in [-0.1, -0.05) is 12.1 Å². The predicted octanol–water partition coefficient (Wildman–Crippen LogP) is 4.24. The molecule has 1 heterocycles. The van der Waals surface area contributed by atoms with E-state index in [0.29, 0.717) is 16.6 Å². The Morgan fingerprint density at radius 3 is 2.43 bits per heavy atom. The van der Waals surface area contributed by atoms with Gasteiger partial charge in [0.2, 0.25) is 0 Å². The molecule has 0 spiro atoms. The number of aryl methyl sites for hydroxylation is 1. The van der Waals surface area contributed by atoms with E-state index in [1.54, 1.807) is 24.3 Å². The average Bonchev–Trinajstić information content (AvgIpc) is 2.98. The Morgan fingerprint density at radius 2 is 1.79 bits per heavy atom. The second kappa shape index (κ2) is 7.26. The molecular weight excluding hydrogens is 379 g/mol. The van der Waals surface area contributed by atoms with Gasteiger partial charge >= 0.3 is 18.3 Å². The number of hydrogen-bond donors (Lipinski definition) is 2. The first-order valence-corrected chi connectivity index (χ1v) is 8.10. The Hall–Kier alpha value is -3.49. The first-order valence-electron chi connectivity index (χ1n) is 8.10. The van der Waals surface area contributed by atoms with Crippen LogP contribution in [0, 0.1) is 0 Å². The molecule has 0 saturated heterocycles. The maximum Gasteiger partial charge on any atom is 0.573 e. The third-order valence-electron chi connectivity index (χ3n) is 4.02. The largest absolute Gasteiger partial charge is 0.573 e. The first-order chi connectivity index (χ1) is 13.1. The molecule has 0 bridgehead atoms. The highest BCUT2D eigenvalue weighted by molar-refractivity contribution is 5.96. The third-order valence-corrected chi connectivity index (χ3v) is 4.02. The van der Waals surface area contributed by atoms with Gasteiger partial charge in [-0.2, -0.15) is 0 Å². The maximum atomic E-state index is 12.5. The number of aliphatic carboxylic acids is 1. The number of benzene rings is 2. The lowest BCUT2D eigenvalue weighted by Crippen LogP contribution is -2.17. The van der Waals surface area contributed by atoms with Crippen molar-refractivity contribution in [3.05, 3.63) is 59.8 Å². The van der Waals surface area contributed by atoms with Crippen LogP contribution in [0.2, 0.25) is 0 Å². The number of halogens is 3. The zero-order valence-electron chi connectivity index (χ0n) is 14.2. The van der Waals surface area contributed by atoms with Gasteiger partial charge in [0.1, 0.15) is 11.4 Å². The Labute approximate surface area is 156 Å². The summed E-state index contributed by atoms with van der Waals surface area (Å²) >= 11 is 0. The van der Waals surface area contributed by atoms with E-state index in [1.165, 1.54) is 16.7 Å². The standard InChI is InChI=1S/C19H14F3NO5/c20-19(21,22)28-14-6-5-12-9-16(18(26)27)23(15(12)10-14)13-3-1-2-11(8-13)4-7-17(24)25/h1-3,5-6,8-10H,4,7H2,(H,24,25)(H,26,27). The van der Waals surface area contributed by atoms with Crippen LogP contribution in [-0.4, -0.2) is 33.1 Å². The summed E-state index contributed by atoms with van der Waals surface area (Å²) in [6.07, 6.45) is -4.75. The van der Waals surface area contributed by atoms with E-state index < -0.39 is 24.1 Å². The van der Waals surface area contributed by atoms with E-state index in [1.807, 2.05) is 0 Å². The summed E-state index contributed by atoms with van der Waals surface area (Å²) in [4.78, 5) is 22.4. The maximum absolute atomic E-state index is 12.5. The molecular formula is C19H14F3NO5. The summed E-state index contributed by atoms with van der Waals surface area (Å²) in [6.45, 7) is 0. The number of carboxylic acids is 2. The zero-order valence-corrected chi connectivity index (χ0v) is 14.2. The van der Waals surface area contributed by atoms with Crippen molar-refractivity contribution in [2.45, 2.75) is 19.2 Å². The van der Waals surface area contributed by atoms with Gasteiger partial charge in [-0.3, -0.25) is 4.79 Å². The van der Waals surface area contributed by atoms with E-state index in [-0.39, 0.29) is 24.1 Å². The molecule has 28 heavy (non-hydrogen) atoms. The highest BCUT2D eigenvalue weighted by Crippen LogP contribution is 2.31. The molecule has 1 aromatic heterocycles. The number of fused-ring (bicyclic) bond motifs is 1. The van der Waals surface area contributed by atoms with E-state index in [0.717, 1.165) is 12.1 Å². The summed E-state index contributed by atoms with van der Waals surface area (Å²) in [5.74, 6) is -2.71. The smallest absolute Gasteiger partial charge is 0.481 e. The van der Waals surface area contributed by atoms with Crippen molar-refractivity contribution in [2.24, 2.45) is 0 Å². The highest BCUT2D eigenvalue weighted by atomic mass is 19.4. The van der Waals surface area contributed by atoms with E-state index in [9.17, 15) is 27.9 Å². The van der Waals surface area contributed by atoms with Crippen LogP contribution >= 0.6 is 0 Å². The van der Waals surface area contributed by atoms with Gasteiger partial charge in [-0.05, 0) is 42.3 Å². The van der Waals surface area contributed by atoms with Crippen LogP contribution < -0.4 is 4.74 Å². The Balaban J connectivity index is 2.13. The van der Waals surface area contributed by atoms with E-state index >= 15 is 0 Å². The molecule has 0 aliphatic carbocycles. The fraction of sp³-hybridized carbons (Fsp3) is 0.158. The molecule has 6 nitrogen and oxygen atoms in total. The van der Waals surface area contributed by atoms with Gasteiger partial charge in [0.15, 0.2) is 0 Å². The quantitative estimate of drug-likeness (QED) is 0.654. The molecule has 0 aliphatic rings. The predicted molar refractivity (Wildman–Crippen MR) is 92.9 cm³/mol. The number of alkyl halides is 3. The minimum Gasteiger partial charge on any atom is -0.481 e. The molecule has 2 aromatic carbocycles. The SMILES string of the molecule is O=C(O)CCc1cccc(-n2c(C(=O)O)cc3ccc(OC(F)(F)F)cc32)c1. The topological polar surface area (TPSA) is 88.8 Å². The minimum atomic E-state index is -4.88. The monoisotopic (exact) mass is 393 g/mol. The second-order valence-corrected chi connectivity index (χ2v) is 6.00. The molecule has 0 radical (unpaired) electrons. The van der Waals surface area contributed by atoms with Crippen LogP contribution in [0.4, 0.5) is 13.2 Å². The third kappa shape index (κ3) is 4.25. The van der Waals surface area contributed by atoms with Gasteiger partial charge in [0, 0.05) is 23.6 Å². The van der Waals surface area contributed by atoms with Crippen molar-refractivity contribution in [1.82, 2.24) is 4.57 Å².